The van der Waals surface area contributed by atoms with Crippen LogP contribution in [-0.4, -0.2) is 24.3 Å². The van der Waals surface area contributed by atoms with Gasteiger partial charge in [-0.15, -0.1) is 0 Å². The molecule has 1 aromatic heterocycles. The van der Waals surface area contributed by atoms with E-state index in [0.717, 1.165) is 12.1 Å². The molecule has 0 aromatic carbocycles. The molecule has 0 radical (unpaired) electrons. The second-order valence-corrected chi connectivity index (χ2v) is 3.20. The summed E-state index contributed by atoms with van der Waals surface area (Å²) in [6.07, 6.45) is 2.33. The minimum atomic E-state index is -0.485. The first kappa shape index (κ1) is 10.9. The standard InChI is InChI=1S/C10H15FN2O/c1-8(12)6-9-2-3-10(7-13-9)14-5-4-11/h2-3,7-8H,4-6,12H2,1H3. The molecule has 0 fully saturated rings. The maximum atomic E-state index is 11.8. The van der Waals surface area contributed by atoms with Gasteiger partial charge in [0.2, 0.25) is 0 Å². The average molecular weight is 198 g/mol. The highest BCUT2D eigenvalue weighted by molar-refractivity contribution is 5.20. The fourth-order valence-corrected chi connectivity index (χ4v) is 1.10. The number of pyridine rings is 1. The SMILES string of the molecule is CC(N)Cc1ccc(OCCF)cn1. The van der Waals surface area contributed by atoms with E-state index in [4.69, 9.17) is 10.5 Å². The summed E-state index contributed by atoms with van der Waals surface area (Å²) < 4.78 is 16.8. The first-order chi connectivity index (χ1) is 6.72. The Morgan fingerprint density at radius 2 is 2.36 bits per heavy atom. The van der Waals surface area contributed by atoms with E-state index in [0.29, 0.717) is 5.75 Å². The van der Waals surface area contributed by atoms with Crippen LogP contribution in [0.4, 0.5) is 4.39 Å². The summed E-state index contributed by atoms with van der Waals surface area (Å²) in [6.45, 7) is 1.52. The normalized spacial score (nSPS) is 12.5. The molecule has 2 N–H and O–H groups in total. The van der Waals surface area contributed by atoms with Crippen LogP contribution in [0.2, 0.25) is 0 Å². The number of hydrogen-bond acceptors (Lipinski definition) is 3. The summed E-state index contributed by atoms with van der Waals surface area (Å²) in [4.78, 5) is 4.14. The van der Waals surface area contributed by atoms with E-state index >= 15 is 0 Å². The lowest BCUT2D eigenvalue weighted by atomic mass is 10.2. The van der Waals surface area contributed by atoms with E-state index in [1.54, 1.807) is 12.3 Å². The lowest BCUT2D eigenvalue weighted by molar-refractivity contribution is 0.272. The lowest BCUT2D eigenvalue weighted by Crippen LogP contribution is -2.18. The number of halogens is 1. The molecule has 4 heteroatoms. The van der Waals surface area contributed by atoms with E-state index in [2.05, 4.69) is 4.98 Å². The molecule has 1 unspecified atom stereocenters. The van der Waals surface area contributed by atoms with Crippen molar-refractivity contribution in [3.8, 4) is 5.75 Å². The molecule has 1 heterocycles. The Morgan fingerprint density at radius 3 is 2.86 bits per heavy atom. The predicted octanol–water partition coefficient (Wildman–Crippen LogP) is 1.32. The monoisotopic (exact) mass is 198 g/mol. The van der Waals surface area contributed by atoms with E-state index in [-0.39, 0.29) is 12.6 Å². The smallest absolute Gasteiger partial charge is 0.137 e. The number of nitrogens with zero attached hydrogens (tertiary/aromatic N) is 1. The van der Waals surface area contributed by atoms with Gasteiger partial charge >= 0.3 is 0 Å². The van der Waals surface area contributed by atoms with Gasteiger partial charge in [-0.3, -0.25) is 4.98 Å². The van der Waals surface area contributed by atoms with Crippen molar-refractivity contribution < 1.29 is 9.13 Å². The van der Waals surface area contributed by atoms with Crippen molar-refractivity contribution in [3.05, 3.63) is 24.0 Å². The molecule has 0 aliphatic carbocycles. The van der Waals surface area contributed by atoms with Gasteiger partial charge in [0.05, 0.1) is 6.20 Å². The maximum Gasteiger partial charge on any atom is 0.137 e. The van der Waals surface area contributed by atoms with Crippen molar-refractivity contribution in [2.45, 2.75) is 19.4 Å². The zero-order valence-electron chi connectivity index (χ0n) is 8.24. The quantitative estimate of drug-likeness (QED) is 0.776. The summed E-state index contributed by atoms with van der Waals surface area (Å²) in [6, 6.07) is 3.72. The van der Waals surface area contributed by atoms with Crippen molar-refractivity contribution in [2.24, 2.45) is 5.73 Å². The van der Waals surface area contributed by atoms with Crippen LogP contribution in [0, 0.1) is 0 Å². The fraction of sp³-hybridized carbons (Fsp3) is 0.500. The molecule has 1 rings (SSSR count). The largest absolute Gasteiger partial charge is 0.489 e. The van der Waals surface area contributed by atoms with Crippen molar-refractivity contribution in [1.82, 2.24) is 4.98 Å². The topological polar surface area (TPSA) is 48.1 Å². The summed E-state index contributed by atoms with van der Waals surface area (Å²) in [7, 11) is 0. The number of aromatic nitrogens is 1. The molecule has 0 aliphatic rings. The van der Waals surface area contributed by atoms with Crippen molar-refractivity contribution in [2.75, 3.05) is 13.3 Å². The minimum Gasteiger partial charge on any atom is -0.489 e. The molecule has 0 amide bonds. The Morgan fingerprint density at radius 1 is 1.57 bits per heavy atom. The third kappa shape index (κ3) is 3.70. The molecule has 14 heavy (non-hydrogen) atoms. The predicted molar refractivity (Wildman–Crippen MR) is 53.1 cm³/mol. The van der Waals surface area contributed by atoms with Gasteiger partial charge in [-0.2, -0.15) is 0 Å². The van der Waals surface area contributed by atoms with Crippen LogP contribution in [0.1, 0.15) is 12.6 Å². The second kappa shape index (κ2) is 5.54. The van der Waals surface area contributed by atoms with Crippen molar-refractivity contribution in [3.63, 3.8) is 0 Å². The van der Waals surface area contributed by atoms with Gasteiger partial charge in [0.25, 0.3) is 0 Å². The van der Waals surface area contributed by atoms with Crippen LogP contribution in [0.25, 0.3) is 0 Å². The highest BCUT2D eigenvalue weighted by Gasteiger charge is 1.99. The molecular formula is C10H15FN2O. The van der Waals surface area contributed by atoms with E-state index in [1.807, 2.05) is 13.0 Å². The van der Waals surface area contributed by atoms with Crippen LogP contribution in [0.3, 0.4) is 0 Å². The Hall–Kier alpha value is -1.16. The molecule has 0 saturated carbocycles. The number of rotatable bonds is 5. The molecular weight excluding hydrogens is 183 g/mol. The number of alkyl halides is 1. The Labute approximate surface area is 83.1 Å². The van der Waals surface area contributed by atoms with Crippen LogP contribution < -0.4 is 10.5 Å². The Bertz CT molecular complexity index is 261. The molecule has 78 valence electrons. The molecule has 1 atom stereocenters. The van der Waals surface area contributed by atoms with E-state index in [1.165, 1.54) is 0 Å². The van der Waals surface area contributed by atoms with Gasteiger partial charge in [-0.25, -0.2) is 4.39 Å². The minimum absolute atomic E-state index is 0.0777. The van der Waals surface area contributed by atoms with Crippen LogP contribution >= 0.6 is 0 Å². The van der Waals surface area contributed by atoms with E-state index < -0.39 is 6.67 Å². The number of hydrogen-bond donors (Lipinski definition) is 1. The van der Waals surface area contributed by atoms with Crippen molar-refractivity contribution in [1.29, 1.82) is 0 Å². The maximum absolute atomic E-state index is 11.8. The van der Waals surface area contributed by atoms with Crippen molar-refractivity contribution >= 4 is 0 Å². The fourth-order valence-electron chi connectivity index (χ4n) is 1.10. The summed E-state index contributed by atoms with van der Waals surface area (Å²) in [5, 5.41) is 0. The molecule has 0 aliphatic heterocycles. The highest BCUT2D eigenvalue weighted by Crippen LogP contribution is 2.09. The Balaban J connectivity index is 2.50. The second-order valence-electron chi connectivity index (χ2n) is 3.20. The molecule has 1 aromatic rings. The van der Waals surface area contributed by atoms with Crippen LogP contribution in [-0.2, 0) is 6.42 Å². The molecule has 0 spiro atoms. The van der Waals surface area contributed by atoms with Gasteiger partial charge in [0.15, 0.2) is 0 Å². The zero-order chi connectivity index (χ0) is 10.4. The third-order valence-corrected chi connectivity index (χ3v) is 1.67. The Kier molecular flexibility index (Phi) is 4.32. The molecule has 0 bridgehead atoms. The van der Waals surface area contributed by atoms with Gasteiger partial charge < -0.3 is 10.5 Å². The van der Waals surface area contributed by atoms with Gasteiger partial charge in [0.1, 0.15) is 19.0 Å². The van der Waals surface area contributed by atoms with Crippen LogP contribution in [0.15, 0.2) is 18.3 Å². The highest BCUT2D eigenvalue weighted by atomic mass is 19.1. The third-order valence-electron chi connectivity index (χ3n) is 1.67. The summed E-state index contributed by atoms with van der Waals surface area (Å²) in [5.74, 6) is 0.594. The lowest BCUT2D eigenvalue weighted by Gasteiger charge is -2.06. The van der Waals surface area contributed by atoms with Gasteiger partial charge in [-0.05, 0) is 19.1 Å². The van der Waals surface area contributed by atoms with E-state index in [9.17, 15) is 4.39 Å². The number of ether oxygens (including phenoxy) is 1. The van der Waals surface area contributed by atoms with Gasteiger partial charge in [-0.1, -0.05) is 0 Å². The zero-order valence-corrected chi connectivity index (χ0v) is 8.24. The number of nitrogens with two attached hydrogens (primary N) is 1. The molecule has 3 nitrogen and oxygen atoms in total. The van der Waals surface area contributed by atoms with Crippen LogP contribution in [0.5, 0.6) is 5.75 Å². The summed E-state index contributed by atoms with van der Waals surface area (Å²) in [5.41, 5.74) is 6.55. The first-order valence-electron chi connectivity index (χ1n) is 4.61. The van der Waals surface area contributed by atoms with Gasteiger partial charge in [0, 0.05) is 18.2 Å². The average Bonchev–Trinajstić information content (AvgIpc) is 2.16. The first-order valence-corrected chi connectivity index (χ1v) is 4.61. The summed E-state index contributed by atoms with van der Waals surface area (Å²) >= 11 is 0. The molecule has 0 saturated heterocycles.